The molecule has 4 rings (SSSR count). The second-order valence-electron chi connectivity index (χ2n) is 8.79. The number of benzene rings is 2. The fourth-order valence-electron chi connectivity index (χ4n) is 4.41. The molecular weight excluding hydrogens is 423 g/mol. The van der Waals surface area contributed by atoms with Crippen LogP contribution in [0.4, 0.5) is 4.39 Å². The number of likely N-dealkylation sites (N-methyl/N-ethyl adjacent to an activating group) is 1. The number of aliphatic imine (C=N–C) groups is 1. The average molecular weight is 455 g/mol. The van der Waals surface area contributed by atoms with Crippen molar-refractivity contribution in [3.05, 3.63) is 101 Å². The maximum atomic E-state index is 14.7. The Morgan fingerprint density at radius 1 is 1.21 bits per heavy atom. The highest BCUT2D eigenvalue weighted by Gasteiger charge is 2.25. The number of rotatable bonds is 5. The lowest BCUT2D eigenvalue weighted by Crippen LogP contribution is -2.40. The van der Waals surface area contributed by atoms with E-state index in [1.165, 1.54) is 11.6 Å². The summed E-state index contributed by atoms with van der Waals surface area (Å²) < 4.78 is 14.7. The molecule has 0 aromatic heterocycles. The number of amidine groups is 1. The number of hydrogen-bond acceptors (Lipinski definition) is 3. The van der Waals surface area contributed by atoms with Crippen LogP contribution >= 0.6 is 0 Å². The van der Waals surface area contributed by atoms with E-state index >= 15 is 0 Å². The highest BCUT2D eigenvalue weighted by atomic mass is 19.1. The Hall–Kier alpha value is -3.62. The van der Waals surface area contributed by atoms with Gasteiger partial charge in [-0.2, -0.15) is 0 Å². The van der Waals surface area contributed by atoms with Crippen LogP contribution < -0.4 is 5.32 Å². The quantitative estimate of drug-likeness (QED) is 0.627. The SMILES string of the molecule is C#Cc1ccc(CN2CCC(N=C3C=C(c4ccccc4C)N/C(=C(\F)C=C)N3C)CC2)cc1. The minimum absolute atomic E-state index is 0.193. The third kappa shape index (κ3) is 5.30. The van der Waals surface area contributed by atoms with Crippen LogP contribution in [-0.4, -0.2) is 41.8 Å². The molecule has 0 saturated carbocycles. The van der Waals surface area contributed by atoms with E-state index in [0.29, 0.717) is 5.82 Å². The summed E-state index contributed by atoms with van der Waals surface area (Å²) >= 11 is 0. The normalized spacial score (nSPS) is 19.9. The van der Waals surface area contributed by atoms with Crippen molar-refractivity contribution in [1.29, 1.82) is 0 Å². The molecule has 0 spiro atoms. The molecule has 0 aliphatic carbocycles. The van der Waals surface area contributed by atoms with Crippen molar-refractivity contribution in [2.24, 2.45) is 4.99 Å². The van der Waals surface area contributed by atoms with Gasteiger partial charge >= 0.3 is 0 Å². The van der Waals surface area contributed by atoms with Gasteiger partial charge in [0.2, 0.25) is 0 Å². The molecule has 0 atom stereocenters. The van der Waals surface area contributed by atoms with E-state index in [1.807, 2.05) is 43.5 Å². The van der Waals surface area contributed by atoms with Crippen LogP contribution in [-0.2, 0) is 6.54 Å². The van der Waals surface area contributed by atoms with E-state index in [4.69, 9.17) is 11.4 Å². The molecule has 2 aromatic rings. The van der Waals surface area contributed by atoms with Gasteiger partial charge in [-0.3, -0.25) is 9.89 Å². The average Bonchev–Trinajstić information content (AvgIpc) is 2.87. The molecule has 5 heteroatoms. The molecule has 2 aromatic carbocycles. The van der Waals surface area contributed by atoms with E-state index in [1.54, 1.807) is 4.90 Å². The van der Waals surface area contributed by atoms with Crippen molar-refractivity contribution in [3.8, 4) is 12.3 Å². The molecule has 4 nitrogen and oxygen atoms in total. The number of aryl methyl sites for hydroxylation is 1. The van der Waals surface area contributed by atoms with Crippen LogP contribution in [0.1, 0.15) is 35.1 Å². The molecule has 1 N–H and O–H groups in total. The summed E-state index contributed by atoms with van der Waals surface area (Å²) in [7, 11) is 1.84. The van der Waals surface area contributed by atoms with Gasteiger partial charge in [0.25, 0.3) is 0 Å². The largest absolute Gasteiger partial charge is 0.339 e. The first-order chi connectivity index (χ1) is 16.5. The van der Waals surface area contributed by atoms with Crippen LogP contribution in [0.2, 0.25) is 0 Å². The number of likely N-dealkylation sites (tertiary alicyclic amines) is 1. The van der Waals surface area contributed by atoms with Crippen molar-refractivity contribution in [3.63, 3.8) is 0 Å². The van der Waals surface area contributed by atoms with Crippen LogP contribution in [0, 0.1) is 19.3 Å². The van der Waals surface area contributed by atoms with Gasteiger partial charge in [0.05, 0.1) is 11.7 Å². The van der Waals surface area contributed by atoms with Crippen molar-refractivity contribution in [2.75, 3.05) is 20.1 Å². The highest BCUT2D eigenvalue weighted by Crippen LogP contribution is 2.26. The van der Waals surface area contributed by atoms with Gasteiger partial charge in [0.1, 0.15) is 11.7 Å². The summed E-state index contributed by atoms with van der Waals surface area (Å²) in [6, 6.07) is 16.5. The number of nitrogens with zero attached hydrogens (tertiary/aromatic N) is 3. The number of hydrogen-bond donors (Lipinski definition) is 1. The number of terminal acetylenes is 1. The molecule has 0 amide bonds. The summed E-state index contributed by atoms with van der Waals surface area (Å²) in [5, 5.41) is 3.24. The van der Waals surface area contributed by atoms with Crippen molar-refractivity contribution >= 4 is 11.5 Å². The third-order valence-corrected chi connectivity index (χ3v) is 6.44. The Morgan fingerprint density at radius 3 is 2.56 bits per heavy atom. The molecule has 2 aliphatic rings. The Bertz CT molecular complexity index is 1180. The van der Waals surface area contributed by atoms with Crippen molar-refractivity contribution < 1.29 is 4.39 Å². The van der Waals surface area contributed by atoms with Gasteiger partial charge in [-0.1, -0.05) is 48.9 Å². The molecule has 0 bridgehead atoms. The summed E-state index contributed by atoms with van der Waals surface area (Å²) in [6.07, 6.45) is 10.6. The first kappa shape index (κ1) is 23.5. The predicted octanol–water partition coefficient (Wildman–Crippen LogP) is 5.24. The lowest BCUT2D eigenvalue weighted by molar-refractivity contribution is 0.206. The van der Waals surface area contributed by atoms with E-state index in [9.17, 15) is 4.39 Å². The Balaban J connectivity index is 1.51. The van der Waals surface area contributed by atoms with Crippen LogP contribution in [0.25, 0.3) is 5.70 Å². The Morgan fingerprint density at radius 2 is 1.91 bits per heavy atom. The van der Waals surface area contributed by atoms with Crippen molar-refractivity contribution in [1.82, 2.24) is 15.1 Å². The van der Waals surface area contributed by atoms with Gasteiger partial charge in [-0.15, -0.1) is 6.42 Å². The summed E-state index contributed by atoms with van der Waals surface area (Å²) in [4.78, 5) is 9.28. The van der Waals surface area contributed by atoms with Gasteiger partial charge in [0, 0.05) is 43.9 Å². The number of allylic oxidation sites excluding steroid dienone is 2. The molecule has 2 heterocycles. The molecule has 174 valence electrons. The first-order valence-corrected chi connectivity index (χ1v) is 11.6. The summed E-state index contributed by atoms with van der Waals surface area (Å²) in [6.45, 7) is 8.51. The molecule has 34 heavy (non-hydrogen) atoms. The van der Waals surface area contributed by atoms with E-state index in [0.717, 1.165) is 60.7 Å². The standard InChI is InChI=1S/C29H31FN4/c1-5-22-11-13-23(14-12-22)20-34-17-15-24(16-18-34)31-28-19-27(25-10-8-7-9-21(25)3)32-29(33(28)4)26(30)6-2/h1,6-14,19,24,32H,2,15-18,20H2,3-4H3/b29-26+,31-28?. The first-order valence-electron chi connectivity index (χ1n) is 11.6. The summed E-state index contributed by atoms with van der Waals surface area (Å²) in [5.74, 6) is 3.38. The zero-order chi connectivity index (χ0) is 24.1. The van der Waals surface area contributed by atoms with Crippen molar-refractivity contribution in [2.45, 2.75) is 32.4 Å². The fourth-order valence-corrected chi connectivity index (χ4v) is 4.41. The highest BCUT2D eigenvalue weighted by molar-refractivity contribution is 6.02. The monoisotopic (exact) mass is 454 g/mol. The van der Waals surface area contributed by atoms with Gasteiger partial charge in [-0.25, -0.2) is 4.39 Å². The Labute approximate surface area is 202 Å². The molecule has 2 aliphatic heterocycles. The smallest absolute Gasteiger partial charge is 0.163 e. The molecule has 0 radical (unpaired) electrons. The Kier molecular flexibility index (Phi) is 7.30. The maximum absolute atomic E-state index is 14.7. The van der Waals surface area contributed by atoms with Gasteiger partial charge in [0.15, 0.2) is 5.83 Å². The number of halogens is 1. The van der Waals surface area contributed by atoms with Crippen LogP contribution in [0.15, 0.2) is 83.9 Å². The van der Waals surface area contributed by atoms with Crippen LogP contribution in [0.3, 0.4) is 0 Å². The summed E-state index contributed by atoms with van der Waals surface area (Å²) in [5.41, 5.74) is 5.16. The number of nitrogens with one attached hydrogen (secondary N) is 1. The lowest BCUT2D eigenvalue weighted by Gasteiger charge is -2.34. The van der Waals surface area contributed by atoms with E-state index in [-0.39, 0.29) is 6.04 Å². The third-order valence-electron chi connectivity index (χ3n) is 6.44. The predicted molar refractivity (Wildman–Crippen MR) is 138 cm³/mol. The molecule has 1 saturated heterocycles. The topological polar surface area (TPSA) is 30.9 Å². The fraction of sp³-hybridized carbons (Fsp3) is 0.276. The van der Waals surface area contributed by atoms with E-state index in [2.05, 4.69) is 47.8 Å². The maximum Gasteiger partial charge on any atom is 0.163 e. The second kappa shape index (κ2) is 10.5. The van der Waals surface area contributed by atoms with Gasteiger partial charge in [-0.05, 0) is 49.1 Å². The van der Waals surface area contributed by atoms with E-state index < -0.39 is 5.83 Å². The molecular formula is C29H31FN4. The molecule has 0 unspecified atom stereocenters. The second-order valence-corrected chi connectivity index (χ2v) is 8.79. The zero-order valence-corrected chi connectivity index (χ0v) is 19.9. The van der Waals surface area contributed by atoms with Gasteiger partial charge < -0.3 is 10.2 Å². The number of piperidine rings is 1. The minimum Gasteiger partial charge on any atom is -0.339 e. The molecule has 1 fully saturated rings. The minimum atomic E-state index is -0.403. The lowest BCUT2D eigenvalue weighted by atomic mass is 10.0. The van der Waals surface area contributed by atoms with Crippen LogP contribution in [0.5, 0.6) is 0 Å². The zero-order valence-electron chi connectivity index (χ0n) is 19.9.